The quantitative estimate of drug-likeness (QED) is 0.317. The predicted molar refractivity (Wildman–Crippen MR) is 126 cm³/mol. The van der Waals surface area contributed by atoms with E-state index in [1.807, 2.05) is 35.9 Å². The number of rotatable bonds is 8. The number of para-hydroxylation sites is 1. The maximum absolute atomic E-state index is 13.5. The zero-order chi connectivity index (χ0) is 21.8. The van der Waals surface area contributed by atoms with Crippen molar-refractivity contribution in [3.8, 4) is 5.75 Å². The molecule has 2 aromatic carbocycles. The van der Waals surface area contributed by atoms with Gasteiger partial charge in [-0.2, -0.15) is 0 Å². The maximum Gasteiger partial charge on any atom is 0.261 e. The van der Waals surface area contributed by atoms with E-state index in [9.17, 15) is 4.79 Å². The third-order valence-electron chi connectivity index (χ3n) is 4.66. The van der Waals surface area contributed by atoms with E-state index >= 15 is 0 Å². The first-order valence-electron chi connectivity index (χ1n) is 9.82. The molecule has 31 heavy (non-hydrogen) atoms. The number of anilines is 1. The number of hydrogen-bond donors (Lipinski definition) is 0. The van der Waals surface area contributed by atoms with E-state index in [1.54, 1.807) is 35.6 Å². The van der Waals surface area contributed by atoms with Crippen LogP contribution in [0.2, 0.25) is 10.0 Å². The number of carbonyl (C=O) groups is 1. The molecular formula is C22H20Cl2N4O2S. The summed E-state index contributed by atoms with van der Waals surface area (Å²) in [6.07, 6.45) is 6.10. The Kier molecular flexibility index (Phi) is 6.75. The Labute approximate surface area is 194 Å². The minimum absolute atomic E-state index is 0.241. The van der Waals surface area contributed by atoms with Gasteiger partial charge in [0.25, 0.3) is 5.91 Å². The summed E-state index contributed by atoms with van der Waals surface area (Å²) >= 11 is 13.9. The summed E-state index contributed by atoms with van der Waals surface area (Å²) in [4.78, 5) is 24.0. The molecule has 4 aromatic rings. The molecule has 0 aliphatic rings. The minimum Gasteiger partial charge on any atom is -0.492 e. The Hall–Kier alpha value is -2.61. The van der Waals surface area contributed by atoms with Crippen LogP contribution in [0.4, 0.5) is 5.13 Å². The summed E-state index contributed by atoms with van der Waals surface area (Å²) in [7, 11) is 0. The van der Waals surface area contributed by atoms with Crippen LogP contribution >= 0.6 is 34.5 Å². The lowest BCUT2D eigenvalue weighted by Gasteiger charge is -2.21. The van der Waals surface area contributed by atoms with Crippen molar-refractivity contribution in [1.82, 2.24) is 14.5 Å². The van der Waals surface area contributed by atoms with Crippen molar-refractivity contribution in [1.29, 1.82) is 0 Å². The number of thiazole rings is 1. The van der Waals surface area contributed by atoms with Gasteiger partial charge in [0.05, 0.1) is 28.2 Å². The molecular weight excluding hydrogens is 455 g/mol. The van der Waals surface area contributed by atoms with Gasteiger partial charge in [-0.15, -0.1) is 0 Å². The van der Waals surface area contributed by atoms with Gasteiger partial charge in [-0.3, -0.25) is 9.69 Å². The van der Waals surface area contributed by atoms with Gasteiger partial charge in [-0.05, 0) is 43.7 Å². The number of imidazole rings is 1. The van der Waals surface area contributed by atoms with Crippen molar-refractivity contribution in [3.05, 3.63) is 70.7 Å². The number of carbonyl (C=O) groups excluding carboxylic acids is 1. The topological polar surface area (TPSA) is 60.2 Å². The van der Waals surface area contributed by atoms with Crippen molar-refractivity contribution in [2.75, 3.05) is 18.1 Å². The summed E-state index contributed by atoms with van der Waals surface area (Å²) in [5.74, 6) is 0.462. The molecule has 2 aromatic heterocycles. The molecule has 0 saturated carbocycles. The van der Waals surface area contributed by atoms with E-state index in [-0.39, 0.29) is 5.91 Å². The van der Waals surface area contributed by atoms with Crippen molar-refractivity contribution < 1.29 is 9.53 Å². The second-order valence-electron chi connectivity index (χ2n) is 6.77. The van der Waals surface area contributed by atoms with Crippen molar-refractivity contribution in [2.45, 2.75) is 19.9 Å². The largest absolute Gasteiger partial charge is 0.492 e. The van der Waals surface area contributed by atoms with Gasteiger partial charge in [0, 0.05) is 30.5 Å². The molecule has 1 amide bonds. The van der Waals surface area contributed by atoms with Crippen LogP contribution in [-0.4, -0.2) is 33.6 Å². The zero-order valence-electron chi connectivity index (χ0n) is 16.8. The molecule has 0 N–H and O–H groups in total. The fraction of sp³-hybridized carbons (Fsp3) is 0.227. The van der Waals surface area contributed by atoms with E-state index in [2.05, 4.69) is 4.98 Å². The van der Waals surface area contributed by atoms with E-state index < -0.39 is 0 Å². The van der Waals surface area contributed by atoms with Gasteiger partial charge in [0.1, 0.15) is 11.3 Å². The second-order valence-corrected chi connectivity index (χ2v) is 8.62. The average Bonchev–Trinajstić information content (AvgIpc) is 3.43. The Balaban J connectivity index is 1.69. The molecule has 0 saturated heterocycles. The van der Waals surface area contributed by atoms with Gasteiger partial charge in [-0.1, -0.05) is 40.6 Å². The van der Waals surface area contributed by atoms with E-state index in [0.29, 0.717) is 46.1 Å². The summed E-state index contributed by atoms with van der Waals surface area (Å²) in [5.41, 5.74) is 1.09. The van der Waals surface area contributed by atoms with Gasteiger partial charge in [0.2, 0.25) is 0 Å². The average molecular weight is 475 g/mol. The number of hydrogen-bond acceptors (Lipinski definition) is 5. The number of halogens is 2. The van der Waals surface area contributed by atoms with Crippen LogP contribution < -0.4 is 9.64 Å². The van der Waals surface area contributed by atoms with Crippen molar-refractivity contribution >= 4 is 55.8 Å². The molecule has 160 valence electrons. The lowest BCUT2D eigenvalue weighted by atomic mass is 10.2. The first-order chi connectivity index (χ1) is 15.1. The molecule has 2 heterocycles. The van der Waals surface area contributed by atoms with Crippen LogP contribution in [-0.2, 0) is 6.54 Å². The molecule has 9 heteroatoms. The number of aryl methyl sites for hydroxylation is 1. The van der Waals surface area contributed by atoms with E-state index in [4.69, 9.17) is 32.9 Å². The van der Waals surface area contributed by atoms with Gasteiger partial charge >= 0.3 is 0 Å². The van der Waals surface area contributed by atoms with Crippen LogP contribution in [0.25, 0.3) is 10.2 Å². The van der Waals surface area contributed by atoms with Crippen LogP contribution in [0.5, 0.6) is 5.75 Å². The SMILES string of the molecule is CCOc1cccc2sc(N(CCCn3ccnc3)C(=O)c3cc(Cl)ccc3Cl)nc12. The number of nitrogens with zero attached hydrogens (tertiary/aromatic N) is 4. The highest BCUT2D eigenvalue weighted by molar-refractivity contribution is 7.22. The Morgan fingerprint density at radius 2 is 2.13 bits per heavy atom. The minimum atomic E-state index is -0.241. The van der Waals surface area contributed by atoms with Crippen molar-refractivity contribution in [2.24, 2.45) is 0 Å². The summed E-state index contributed by atoms with van der Waals surface area (Å²) in [6.45, 7) is 3.66. The molecule has 6 nitrogen and oxygen atoms in total. The first-order valence-corrected chi connectivity index (χ1v) is 11.4. The number of benzene rings is 2. The summed E-state index contributed by atoms with van der Waals surface area (Å²) < 4.78 is 8.64. The Morgan fingerprint density at radius 1 is 1.26 bits per heavy atom. The first kappa shape index (κ1) is 21.6. The molecule has 0 atom stereocenters. The Morgan fingerprint density at radius 3 is 2.90 bits per heavy atom. The lowest BCUT2D eigenvalue weighted by molar-refractivity contribution is 0.0986. The lowest BCUT2D eigenvalue weighted by Crippen LogP contribution is -2.32. The summed E-state index contributed by atoms with van der Waals surface area (Å²) in [5, 5.41) is 1.40. The fourth-order valence-electron chi connectivity index (χ4n) is 3.22. The third kappa shape index (κ3) is 4.84. The predicted octanol–water partition coefficient (Wildman–Crippen LogP) is 5.94. The standard InChI is InChI=1S/C22H20Cl2N4O2S/c1-2-30-18-5-3-6-19-20(18)26-22(31-19)28(11-4-10-27-12-9-25-14-27)21(29)16-13-15(23)7-8-17(16)24/h3,5-9,12-14H,2,4,10-11H2,1H3. The number of amides is 1. The molecule has 0 bridgehead atoms. The smallest absolute Gasteiger partial charge is 0.261 e. The zero-order valence-corrected chi connectivity index (χ0v) is 19.1. The molecule has 0 fully saturated rings. The molecule has 0 unspecified atom stereocenters. The van der Waals surface area contributed by atoms with Gasteiger partial charge in [0.15, 0.2) is 5.13 Å². The molecule has 0 radical (unpaired) electrons. The van der Waals surface area contributed by atoms with Gasteiger partial charge in [-0.25, -0.2) is 9.97 Å². The van der Waals surface area contributed by atoms with E-state index in [1.165, 1.54) is 11.3 Å². The summed E-state index contributed by atoms with van der Waals surface area (Å²) in [6, 6.07) is 10.7. The van der Waals surface area contributed by atoms with Crippen molar-refractivity contribution in [3.63, 3.8) is 0 Å². The Bertz CT molecular complexity index is 1190. The van der Waals surface area contributed by atoms with Crippen LogP contribution in [0, 0.1) is 0 Å². The van der Waals surface area contributed by atoms with Crippen LogP contribution in [0.15, 0.2) is 55.1 Å². The number of ether oxygens (including phenoxy) is 1. The highest BCUT2D eigenvalue weighted by atomic mass is 35.5. The second kappa shape index (κ2) is 9.68. The monoisotopic (exact) mass is 474 g/mol. The third-order valence-corrected chi connectivity index (χ3v) is 6.27. The molecule has 0 spiro atoms. The van der Waals surface area contributed by atoms with Crippen LogP contribution in [0.3, 0.4) is 0 Å². The number of fused-ring (bicyclic) bond motifs is 1. The van der Waals surface area contributed by atoms with Gasteiger partial charge < -0.3 is 9.30 Å². The molecule has 0 aliphatic carbocycles. The highest BCUT2D eigenvalue weighted by Crippen LogP contribution is 2.35. The normalized spacial score (nSPS) is 11.1. The highest BCUT2D eigenvalue weighted by Gasteiger charge is 2.24. The molecule has 4 rings (SSSR count). The number of aromatic nitrogens is 3. The molecule has 0 aliphatic heterocycles. The maximum atomic E-state index is 13.5. The fourth-order valence-corrected chi connectivity index (χ4v) is 4.60. The van der Waals surface area contributed by atoms with E-state index in [0.717, 1.165) is 16.8 Å². The van der Waals surface area contributed by atoms with Crippen LogP contribution in [0.1, 0.15) is 23.7 Å².